The molecule has 0 aromatic rings. The molecule has 0 aliphatic heterocycles. The van der Waals surface area contributed by atoms with E-state index in [-0.39, 0.29) is 6.90 Å². The summed E-state index contributed by atoms with van der Waals surface area (Å²) < 4.78 is 47.8. The highest BCUT2D eigenvalue weighted by Gasteiger charge is 2.27. The van der Waals surface area contributed by atoms with E-state index in [0.717, 1.165) is 0 Å². The lowest BCUT2D eigenvalue weighted by molar-refractivity contribution is -0.0121. The van der Waals surface area contributed by atoms with E-state index in [1.165, 1.54) is 6.40 Å². The second kappa shape index (κ2) is 22.8. The van der Waals surface area contributed by atoms with Gasteiger partial charge in [-0.25, -0.2) is 4.67 Å². The molecule has 0 saturated heterocycles. The van der Waals surface area contributed by atoms with Crippen LogP contribution in [0, 0.1) is 0 Å². The van der Waals surface area contributed by atoms with Gasteiger partial charge in [-0.1, -0.05) is 0 Å². The molecule has 0 bridgehead atoms. The van der Waals surface area contributed by atoms with E-state index in [2.05, 4.69) is 37.4 Å². The van der Waals surface area contributed by atoms with E-state index < -0.39 is 8.53 Å². The smallest absolute Gasteiger partial charge is 0.322 e. The molecule has 1 unspecified atom stereocenters. The summed E-state index contributed by atoms with van der Waals surface area (Å²) in [6.07, 6.45) is 1.49. The number of hydrogen-bond acceptors (Lipinski definition) is 9. The standard InChI is InChI=1S/C21H45N2O7P/c1-7-22-19-30-31(23(20(3)4)21(5)6)29-18-17-28-16-15-27-14-13-26-12-11-25-10-9-24-8-2/h19-21H,7-18H2,1-6H3/i2D. The molecule has 0 aliphatic rings. The summed E-state index contributed by atoms with van der Waals surface area (Å²) >= 11 is 0. The first-order valence-electron chi connectivity index (χ1n) is 11.8. The van der Waals surface area contributed by atoms with Gasteiger partial charge in [0, 0.05) is 26.6 Å². The largest absolute Gasteiger partial charge is 0.425 e. The molecule has 186 valence electrons. The van der Waals surface area contributed by atoms with Gasteiger partial charge in [0.15, 0.2) is 6.40 Å². The Labute approximate surface area is 192 Å². The van der Waals surface area contributed by atoms with Crippen molar-refractivity contribution in [2.75, 3.05) is 79.2 Å². The van der Waals surface area contributed by atoms with Crippen LogP contribution in [0.5, 0.6) is 0 Å². The van der Waals surface area contributed by atoms with Crippen LogP contribution in [-0.2, 0) is 32.7 Å². The van der Waals surface area contributed by atoms with Crippen molar-refractivity contribution in [1.29, 1.82) is 0 Å². The fourth-order valence-electron chi connectivity index (χ4n) is 2.43. The van der Waals surface area contributed by atoms with E-state index in [1.54, 1.807) is 0 Å². The highest BCUT2D eigenvalue weighted by Crippen LogP contribution is 2.45. The minimum atomic E-state index is -1.23. The van der Waals surface area contributed by atoms with Gasteiger partial charge in [-0.05, 0) is 41.5 Å². The van der Waals surface area contributed by atoms with Crippen LogP contribution in [0.3, 0.4) is 0 Å². The lowest BCUT2D eigenvalue weighted by Gasteiger charge is -2.34. The molecule has 0 rings (SSSR count). The van der Waals surface area contributed by atoms with Gasteiger partial charge in [0.1, 0.15) is 0 Å². The summed E-state index contributed by atoms with van der Waals surface area (Å²) in [6, 6.07) is 0.597. The molecular weight excluding hydrogens is 423 g/mol. The van der Waals surface area contributed by atoms with Gasteiger partial charge in [0.05, 0.1) is 66.1 Å². The maximum atomic E-state index is 6.95. The molecule has 0 aromatic heterocycles. The third-order valence-electron chi connectivity index (χ3n) is 3.70. The van der Waals surface area contributed by atoms with Crippen LogP contribution in [0.25, 0.3) is 0 Å². The summed E-state index contributed by atoms with van der Waals surface area (Å²) in [7, 11) is -1.23. The number of nitrogens with zero attached hydrogens (tertiary/aromatic N) is 2. The average Bonchev–Trinajstić information content (AvgIpc) is 2.75. The third kappa shape index (κ3) is 18.9. The number of ether oxygens (including phenoxy) is 5. The molecule has 0 spiro atoms. The predicted molar refractivity (Wildman–Crippen MR) is 125 cm³/mol. The van der Waals surface area contributed by atoms with Crippen molar-refractivity contribution in [1.82, 2.24) is 4.67 Å². The van der Waals surface area contributed by atoms with E-state index >= 15 is 0 Å². The summed E-state index contributed by atoms with van der Waals surface area (Å²) in [5, 5.41) is 0. The maximum Gasteiger partial charge on any atom is 0.322 e. The van der Waals surface area contributed by atoms with Crippen molar-refractivity contribution in [3.63, 3.8) is 0 Å². The molecule has 1 atom stereocenters. The molecule has 0 N–H and O–H groups in total. The minimum Gasteiger partial charge on any atom is -0.425 e. The molecule has 9 nitrogen and oxygen atoms in total. The van der Waals surface area contributed by atoms with Gasteiger partial charge < -0.3 is 32.7 Å². The SMILES string of the molecule is [2H]CCOCCOCCOCCOCCOCCOP(OC=NCC)N(C(C)C)C(C)C. The zero-order valence-electron chi connectivity index (χ0n) is 21.1. The Morgan fingerprint density at radius 2 is 1.23 bits per heavy atom. The van der Waals surface area contributed by atoms with Gasteiger partial charge in [0.25, 0.3) is 0 Å². The van der Waals surface area contributed by atoms with Crippen molar-refractivity contribution in [2.45, 2.75) is 53.6 Å². The Kier molecular flexibility index (Phi) is 21.1. The first-order valence-corrected chi connectivity index (χ1v) is 12.2. The predicted octanol–water partition coefficient (Wildman–Crippen LogP) is 3.52. The summed E-state index contributed by atoms with van der Waals surface area (Å²) in [5.74, 6) is 0. The summed E-state index contributed by atoms with van der Waals surface area (Å²) in [4.78, 5) is 4.13. The van der Waals surface area contributed by atoms with Gasteiger partial charge in [-0.15, -0.1) is 0 Å². The molecule has 10 heteroatoms. The number of hydrogen-bond donors (Lipinski definition) is 0. The van der Waals surface area contributed by atoms with Crippen LogP contribution in [0.2, 0.25) is 0 Å². The van der Waals surface area contributed by atoms with Crippen molar-refractivity contribution >= 4 is 14.9 Å². The first-order chi connectivity index (χ1) is 15.5. The zero-order valence-corrected chi connectivity index (χ0v) is 21.0. The highest BCUT2D eigenvalue weighted by atomic mass is 31.2. The van der Waals surface area contributed by atoms with Crippen LogP contribution >= 0.6 is 8.53 Å². The first kappa shape index (κ1) is 28.7. The molecule has 0 heterocycles. The van der Waals surface area contributed by atoms with Crippen LogP contribution in [0.15, 0.2) is 4.99 Å². The van der Waals surface area contributed by atoms with E-state index in [0.29, 0.717) is 91.3 Å². The van der Waals surface area contributed by atoms with Crippen LogP contribution in [0.4, 0.5) is 0 Å². The molecule has 31 heavy (non-hydrogen) atoms. The molecule has 0 fully saturated rings. The second-order valence-electron chi connectivity index (χ2n) is 6.91. The van der Waals surface area contributed by atoms with Gasteiger partial charge in [-0.3, -0.25) is 4.99 Å². The van der Waals surface area contributed by atoms with Crippen LogP contribution in [-0.4, -0.2) is 102 Å². The van der Waals surface area contributed by atoms with Gasteiger partial charge in [0.2, 0.25) is 0 Å². The van der Waals surface area contributed by atoms with Crippen LogP contribution in [0.1, 0.15) is 42.9 Å². The van der Waals surface area contributed by atoms with Gasteiger partial charge >= 0.3 is 8.53 Å². The fourth-order valence-corrected chi connectivity index (χ4v) is 3.86. The normalized spacial score (nSPS) is 13.6. The molecular formula is C21H45N2O7P. The number of rotatable bonds is 23. The summed E-state index contributed by atoms with van der Waals surface area (Å²) in [5.41, 5.74) is 0. The number of aliphatic imine (C=N–C) groups is 1. The second-order valence-corrected chi connectivity index (χ2v) is 8.32. The van der Waals surface area contributed by atoms with E-state index in [1.807, 2.05) is 6.92 Å². The summed E-state index contributed by atoms with van der Waals surface area (Å²) in [6.45, 7) is 16.9. The maximum absolute atomic E-state index is 6.95. The topological polar surface area (TPSA) is 80.2 Å². The third-order valence-corrected chi connectivity index (χ3v) is 5.68. The zero-order chi connectivity index (χ0) is 23.9. The molecule has 0 aromatic carbocycles. The monoisotopic (exact) mass is 469 g/mol. The lowest BCUT2D eigenvalue weighted by atomic mass is 10.3. The molecule has 0 aliphatic carbocycles. The Balaban J connectivity index is 3.67. The average molecular weight is 470 g/mol. The fraction of sp³-hybridized carbons (Fsp3) is 0.952. The van der Waals surface area contributed by atoms with E-state index in [4.69, 9.17) is 34.1 Å². The quantitative estimate of drug-likeness (QED) is 0.0973. The Morgan fingerprint density at radius 3 is 1.65 bits per heavy atom. The van der Waals surface area contributed by atoms with Crippen molar-refractivity contribution in [2.24, 2.45) is 4.99 Å². The minimum absolute atomic E-state index is 0.280. The highest BCUT2D eigenvalue weighted by molar-refractivity contribution is 7.45. The molecule has 0 radical (unpaired) electrons. The molecule has 0 saturated carbocycles. The Bertz CT molecular complexity index is 416. The van der Waals surface area contributed by atoms with Crippen molar-refractivity contribution in [3.8, 4) is 0 Å². The van der Waals surface area contributed by atoms with E-state index in [9.17, 15) is 0 Å². The Hall–Kier alpha value is -0.380. The van der Waals surface area contributed by atoms with Gasteiger partial charge in [-0.2, -0.15) is 0 Å². The molecule has 0 amide bonds. The van der Waals surface area contributed by atoms with Crippen LogP contribution < -0.4 is 0 Å². The van der Waals surface area contributed by atoms with Crippen molar-refractivity contribution in [3.05, 3.63) is 0 Å². The van der Waals surface area contributed by atoms with Crippen molar-refractivity contribution < 1.29 is 34.1 Å². The lowest BCUT2D eigenvalue weighted by Crippen LogP contribution is -2.33. The Morgan fingerprint density at radius 1 is 0.774 bits per heavy atom.